The van der Waals surface area contributed by atoms with Crippen molar-refractivity contribution in [1.29, 1.82) is 0 Å². The van der Waals surface area contributed by atoms with Gasteiger partial charge < -0.3 is 15.3 Å². The molecule has 2 aliphatic rings. The molecular weight excluding hydrogens is 420 g/mol. The maximum atomic E-state index is 11.4. The molecule has 0 radical (unpaired) electrons. The molecule has 0 bridgehead atoms. The molecule has 2 unspecified atom stereocenters. The van der Waals surface area contributed by atoms with Crippen LogP contribution in [0.5, 0.6) is 0 Å². The summed E-state index contributed by atoms with van der Waals surface area (Å²) < 4.78 is 0. The molecule has 2 fully saturated rings. The summed E-state index contributed by atoms with van der Waals surface area (Å²) in [5.74, 6) is 0.944. The van der Waals surface area contributed by atoms with Gasteiger partial charge in [-0.3, -0.25) is 0 Å². The Morgan fingerprint density at radius 3 is 2.18 bits per heavy atom. The molecule has 2 atom stereocenters. The lowest BCUT2D eigenvalue weighted by atomic mass is 9.75. The average molecular weight is 455 g/mol. The van der Waals surface area contributed by atoms with Gasteiger partial charge in [-0.05, 0) is 85.0 Å². The number of carbonyl (C=O) groups is 1. The van der Waals surface area contributed by atoms with Crippen LogP contribution in [0.4, 0.5) is 17.1 Å². The normalized spacial score (nSPS) is 19.9. The van der Waals surface area contributed by atoms with Crippen LogP contribution in [0.15, 0.2) is 72.8 Å². The highest BCUT2D eigenvalue weighted by molar-refractivity contribution is 5.95. The molecule has 3 aromatic carbocycles. The Labute approximate surface area is 202 Å². The fourth-order valence-electron chi connectivity index (χ4n) is 5.69. The number of carboxylic acids is 1. The van der Waals surface area contributed by atoms with Crippen molar-refractivity contribution in [1.82, 2.24) is 0 Å². The van der Waals surface area contributed by atoms with Crippen LogP contribution in [-0.4, -0.2) is 24.2 Å². The maximum Gasteiger partial charge on any atom is 0.337 e. The van der Waals surface area contributed by atoms with Crippen LogP contribution in [0, 0.1) is 11.8 Å². The van der Waals surface area contributed by atoms with E-state index in [-0.39, 0.29) is 5.56 Å². The average Bonchev–Trinajstić information content (AvgIpc) is 2.88. The van der Waals surface area contributed by atoms with Gasteiger partial charge in [-0.2, -0.15) is 0 Å². The number of hydrogen-bond acceptors (Lipinski definition) is 3. The zero-order chi connectivity index (χ0) is 23.3. The van der Waals surface area contributed by atoms with Gasteiger partial charge in [-0.1, -0.05) is 55.7 Å². The van der Waals surface area contributed by atoms with Gasteiger partial charge in [-0.25, -0.2) is 4.79 Å². The van der Waals surface area contributed by atoms with Crippen LogP contribution < -0.4 is 10.2 Å². The zero-order valence-corrected chi connectivity index (χ0v) is 19.7. The number of benzene rings is 3. The Balaban J connectivity index is 1.15. The van der Waals surface area contributed by atoms with E-state index in [1.807, 2.05) is 18.2 Å². The fourth-order valence-corrected chi connectivity index (χ4v) is 5.69. The first-order valence-corrected chi connectivity index (χ1v) is 12.7. The van der Waals surface area contributed by atoms with Crippen LogP contribution in [0.2, 0.25) is 0 Å². The predicted molar refractivity (Wildman–Crippen MR) is 139 cm³/mol. The number of nitrogens with one attached hydrogen (secondary N) is 1. The zero-order valence-electron chi connectivity index (χ0n) is 19.7. The number of aryl methyl sites for hydroxylation is 2. The van der Waals surface area contributed by atoms with Crippen LogP contribution in [0.1, 0.15) is 53.6 Å². The Hall–Kier alpha value is -3.27. The highest BCUT2D eigenvalue weighted by atomic mass is 16.4. The summed E-state index contributed by atoms with van der Waals surface area (Å²) in [6, 6.07) is 24.5. The second-order valence-electron chi connectivity index (χ2n) is 9.88. The molecule has 1 aliphatic carbocycles. The van der Waals surface area contributed by atoms with Gasteiger partial charge in [0.2, 0.25) is 0 Å². The van der Waals surface area contributed by atoms with Gasteiger partial charge in [0.05, 0.1) is 11.3 Å². The number of hydrogen-bond donors (Lipinski definition) is 2. The van der Waals surface area contributed by atoms with E-state index in [1.165, 1.54) is 62.0 Å². The molecule has 1 saturated carbocycles. The highest BCUT2D eigenvalue weighted by Crippen LogP contribution is 2.37. The summed E-state index contributed by atoms with van der Waals surface area (Å²) in [6.45, 7) is 2.44. The molecule has 1 aliphatic heterocycles. The summed E-state index contributed by atoms with van der Waals surface area (Å²) >= 11 is 0. The molecule has 176 valence electrons. The molecular formula is C30H34N2O2. The monoisotopic (exact) mass is 454 g/mol. The summed E-state index contributed by atoms with van der Waals surface area (Å²) in [5.41, 5.74) is 5.80. The van der Waals surface area contributed by atoms with Crippen LogP contribution in [-0.2, 0) is 12.8 Å². The SMILES string of the molecule is O=C(O)c1ccccc1Nc1ccc(CCc2ccc(N3CCC4CCCCC4C3)cc2)cc1. The number of nitrogens with zero attached hydrogens (tertiary/aromatic N) is 1. The standard InChI is InChI=1S/C30H34N2O2/c33-30(34)28-7-3-4-8-29(28)31-26-15-11-22(12-16-26)9-10-23-13-17-27(18-14-23)32-20-19-24-5-1-2-6-25(24)21-32/h3-4,7-8,11-18,24-25,31H,1-2,5-6,9-10,19-21H2,(H,33,34). The molecule has 0 spiro atoms. The number of rotatable bonds is 7. The lowest BCUT2D eigenvalue weighted by Crippen LogP contribution is -2.41. The Kier molecular flexibility index (Phi) is 6.84. The Bertz CT molecular complexity index is 1110. The van der Waals surface area contributed by atoms with Gasteiger partial charge in [0, 0.05) is 24.5 Å². The van der Waals surface area contributed by atoms with Gasteiger partial charge in [0.25, 0.3) is 0 Å². The fraction of sp³-hybridized carbons (Fsp3) is 0.367. The molecule has 0 aromatic heterocycles. The van der Waals surface area contributed by atoms with E-state index in [2.05, 4.69) is 46.6 Å². The summed E-state index contributed by atoms with van der Waals surface area (Å²) in [7, 11) is 0. The molecule has 34 heavy (non-hydrogen) atoms. The van der Waals surface area contributed by atoms with Crippen molar-refractivity contribution < 1.29 is 9.90 Å². The van der Waals surface area contributed by atoms with E-state index in [0.717, 1.165) is 30.4 Å². The first-order chi connectivity index (χ1) is 16.7. The van der Waals surface area contributed by atoms with Crippen molar-refractivity contribution in [2.24, 2.45) is 11.8 Å². The van der Waals surface area contributed by atoms with Gasteiger partial charge in [-0.15, -0.1) is 0 Å². The lowest BCUT2D eigenvalue weighted by Gasteiger charge is -2.42. The molecule has 1 saturated heterocycles. The number of piperidine rings is 1. The van der Waals surface area contributed by atoms with Crippen molar-refractivity contribution in [3.63, 3.8) is 0 Å². The quantitative estimate of drug-likeness (QED) is 0.406. The highest BCUT2D eigenvalue weighted by Gasteiger charge is 2.31. The van der Waals surface area contributed by atoms with E-state index in [9.17, 15) is 9.90 Å². The first kappa shape index (κ1) is 22.5. The minimum Gasteiger partial charge on any atom is -0.478 e. The third kappa shape index (κ3) is 5.27. The Morgan fingerprint density at radius 2 is 1.47 bits per heavy atom. The number of para-hydroxylation sites is 1. The van der Waals surface area contributed by atoms with Crippen LogP contribution >= 0.6 is 0 Å². The van der Waals surface area contributed by atoms with Crippen molar-refractivity contribution in [2.45, 2.75) is 44.9 Å². The van der Waals surface area contributed by atoms with Crippen molar-refractivity contribution >= 4 is 23.0 Å². The third-order valence-electron chi connectivity index (χ3n) is 7.69. The van der Waals surface area contributed by atoms with Crippen molar-refractivity contribution in [3.05, 3.63) is 89.5 Å². The second kappa shape index (κ2) is 10.3. The molecule has 1 heterocycles. The summed E-state index contributed by atoms with van der Waals surface area (Å²) in [5, 5.41) is 12.6. The Morgan fingerprint density at radius 1 is 0.824 bits per heavy atom. The number of anilines is 3. The lowest BCUT2D eigenvalue weighted by molar-refractivity contribution is 0.0698. The third-order valence-corrected chi connectivity index (χ3v) is 7.69. The molecule has 3 aromatic rings. The molecule has 4 nitrogen and oxygen atoms in total. The van der Waals surface area contributed by atoms with E-state index >= 15 is 0 Å². The predicted octanol–water partition coefficient (Wildman–Crippen LogP) is 6.93. The largest absolute Gasteiger partial charge is 0.478 e. The molecule has 5 rings (SSSR count). The van der Waals surface area contributed by atoms with E-state index in [4.69, 9.17) is 0 Å². The smallest absolute Gasteiger partial charge is 0.337 e. The van der Waals surface area contributed by atoms with Crippen molar-refractivity contribution in [3.8, 4) is 0 Å². The van der Waals surface area contributed by atoms with Crippen molar-refractivity contribution in [2.75, 3.05) is 23.3 Å². The minimum absolute atomic E-state index is 0.276. The van der Waals surface area contributed by atoms with Gasteiger partial charge >= 0.3 is 5.97 Å². The van der Waals surface area contributed by atoms with E-state index in [0.29, 0.717) is 5.69 Å². The summed E-state index contributed by atoms with van der Waals surface area (Å²) in [4.78, 5) is 14.0. The number of aromatic carboxylic acids is 1. The molecule has 0 amide bonds. The molecule has 2 N–H and O–H groups in total. The van der Waals surface area contributed by atoms with E-state index in [1.54, 1.807) is 18.2 Å². The van der Waals surface area contributed by atoms with E-state index < -0.39 is 5.97 Å². The summed E-state index contributed by atoms with van der Waals surface area (Å²) in [6.07, 6.45) is 9.08. The topological polar surface area (TPSA) is 52.6 Å². The van der Waals surface area contributed by atoms with Gasteiger partial charge in [0.15, 0.2) is 0 Å². The minimum atomic E-state index is -0.927. The number of carboxylic acid groups (broad SMARTS) is 1. The molecule has 4 heteroatoms. The second-order valence-corrected chi connectivity index (χ2v) is 9.88. The van der Waals surface area contributed by atoms with Crippen LogP contribution in [0.3, 0.4) is 0 Å². The number of fused-ring (bicyclic) bond motifs is 1. The van der Waals surface area contributed by atoms with Crippen LogP contribution in [0.25, 0.3) is 0 Å². The maximum absolute atomic E-state index is 11.4. The first-order valence-electron chi connectivity index (χ1n) is 12.7. The van der Waals surface area contributed by atoms with Gasteiger partial charge in [0.1, 0.15) is 0 Å².